The number of benzene rings is 1. The quantitative estimate of drug-likeness (QED) is 0.497. The largest absolute Gasteiger partial charge is 0.489 e. The van der Waals surface area contributed by atoms with Gasteiger partial charge in [-0.05, 0) is 30.7 Å². The highest BCUT2D eigenvalue weighted by Gasteiger charge is 2.45. The van der Waals surface area contributed by atoms with Crippen molar-refractivity contribution in [3.63, 3.8) is 0 Å². The van der Waals surface area contributed by atoms with E-state index in [1.54, 1.807) is 14.0 Å². The molecule has 0 radical (unpaired) electrons. The van der Waals surface area contributed by atoms with E-state index in [4.69, 9.17) is 4.74 Å². The first kappa shape index (κ1) is 23.0. The second-order valence-electron chi connectivity index (χ2n) is 7.95. The molecule has 11 heteroatoms. The van der Waals surface area contributed by atoms with Crippen molar-refractivity contribution in [1.82, 2.24) is 14.6 Å². The van der Waals surface area contributed by atoms with Crippen LogP contribution in [-0.2, 0) is 17.1 Å². The number of sulfonamides is 1. The first-order chi connectivity index (χ1) is 13.6. The maximum Gasteiger partial charge on any atom is 0.276 e. The van der Waals surface area contributed by atoms with Gasteiger partial charge in [0.05, 0.1) is 6.61 Å². The molecule has 0 saturated carbocycles. The molecule has 2 atom stereocenters. The SMILES string of the molecule is Cc1cc(NC(=O)c2c3c(cn2C)S(=O)(=O)NC2CNCC2(C)CO3)ccc1F.I. The van der Waals surface area contributed by atoms with Crippen LogP contribution in [0.5, 0.6) is 5.75 Å². The number of amides is 1. The van der Waals surface area contributed by atoms with Crippen molar-refractivity contribution in [1.29, 1.82) is 0 Å². The number of aryl methyl sites for hydroxylation is 2. The molecule has 164 valence electrons. The average Bonchev–Trinajstić information content (AvgIpc) is 3.16. The number of ether oxygens (including phenoxy) is 1. The van der Waals surface area contributed by atoms with Gasteiger partial charge in [0.1, 0.15) is 10.7 Å². The number of anilines is 1. The van der Waals surface area contributed by atoms with Crippen molar-refractivity contribution in [3.8, 4) is 5.75 Å². The van der Waals surface area contributed by atoms with Crippen LogP contribution in [0.1, 0.15) is 23.0 Å². The van der Waals surface area contributed by atoms with Crippen molar-refractivity contribution in [2.24, 2.45) is 12.5 Å². The smallest absolute Gasteiger partial charge is 0.276 e. The summed E-state index contributed by atoms with van der Waals surface area (Å²) in [5.74, 6) is -0.898. The predicted octanol–water partition coefficient (Wildman–Crippen LogP) is 1.99. The number of nitrogens with zero attached hydrogens (tertiary/aromatic N) is 1. The Morgan fingerprint density at radius 2 is 2.13 bits per heavy atom. The van der Waals surface area contributed by atoms with Crippen molar-refractivity contribution < 1.29 is 22.3 Å². The molecule has 8 nitrogen and oxygen atoms in total. The van der Waals surface area contributed by atoms with Gasteiger partial charge >= 0.3 is 0 Å². The van der Waals surface area contributed by atoms with E-state index in [1.165, 1.54) is 29.0 Å². The van der Waals surface area contributed by atoms with E-state index in [0.717, 1.165) is 0 Å². The summed E-state index contributed by atoms with van der Waals surface area (Å²) in [6.07, 6.45) is 1.37. The Kier molecular flexibility index (Phi) is 6.20. The average molecular weight is 550 g/mol. The third-order valence-electron chi connectivity index (χ3n) is 5.59. The van der Waals surface area contributed by atoms with Crippen molar-refractivity contribution in [3.05, 3.63) is 41.5 Å². The molecule has 2 aromatic rings. The molecule has 2 aliphatic rings. The molecule has 0 spiro atoms. The fourth-order valence-electron chi connectivity index (χ4n) is 3.78. The summed E-state index contributed by atoms with van der Waals surface area (Å²) in [6.45, 7) is 4.89. The lowest BCUT2D eigenvalue weighted by molar-refractivity contribution is 0.100. The van der Waals surface area contributed by atoms with Crippen molar-refractivity contribution in [2.75, 3.05) is 25.0 Å². The number of rotatable bonds is 2. The summed E-state index contributed by atoms with van der Waals surface area (Å²) in [7, 11) is -2.30. The topological polar surface area (TPSA) is 101 Å². The van der Waals surface area contributed by atoms with Crippen LogP contribution in [0.3, 0.4) is 0 Å². The monoisotopic (exact) mass is 550 g/mol. The van der Waals surface area contributed by atoms with E-state index >= 15 is 0 Å². The van der Waals surface area contributed by atoms with E-state index < -0.39 is 21.3 Å². The molecular formula is C19H24FIN4O4S. The molecule has 2 unspecified atom stereocenters. The molecule has 1 aromatic heterocycles. The maximum atomic E-state index is 13.5. The van der Waals surface area contributed by atoms with Gasteiger partial charge in [-0.2, -0.15) is 0 Å². The minimum absolute atomic E-state index is 0. The van der Waals surface area contributed by atoms with Crippen LogP contribution in [0, 0.1) is 18.2 Å². The third kappa shape index (κ3) is 3.95. The van der Waals surface area contributed by atoms with Gasteiger partial charge in [0.15, 0.2) is 11.4 Å². The molecule has 2 aliphatic heterocycles. The zero-order valence-electron chi connectivity index (χ0n) is 16.8. The minimum atomic E-state index is -3.88. The van der Waals surface area contributed by atoms with Gasteiger partial charge in [0, 0.05) is 43.5 Å². The lowest BCUT2D eigenvalue weighted by atomic mass is 9.87. The van der Waals surface area contributed by atoms with Gasteiger partial charge in [-0.1, -0.05) is 6.92 Å². The Labute approximate surface area is 191 Å². The summed E-state index contributed by atoms with van der Waals surface area (Å²) in [6, 6.07) is 3.91. The van der Waals surface area contributed by atoms with Crippen LogP contribution < -0.4 is 20.1 Å². The number of fused-ring (bicyclic) bond motifs is 2. The van der Waals surface area contributed by atoms with Crippen LogP contribution in [0.2, 0.25) is 0 Å². The Morgan fingerprint density at radius 1 is 1.40 bits per heavy atom. The second kappa shape index (κ2) is 8.09. The normalized spacial score (nSPS) is 24.5. The Hall–Kier alpha value is -1.70. The zero-order chi connectivity index (χ0) is 21.0. The van der Waals surface area contributed by atoms with Crippen molar-refractivity contribution in [2.45, 2.75) is 24.8 Å². The highest BCUT2D eigenvalue weighted by atomic mass is 127. The summed E-state index contributed by atoms with van der Waals surface area (Å²) >= 11 is 0. The number of hydrogen-bond acceptors (Lipinski definition) is 5. The minimum Gasteiger partial charge on any atom is -0.489 e. The lowest BCUT2D eigenvalue weighted by Gasteiger charge is -2.32. The number of nitrogens with one attached hydrogen (secondary N) is 3. The summed E-state index contributed by atoms with van der Waals surface area (Å²) in [5.41, 5.74) is 0.436. The summed E-state index contributed by atoms with van der Waals surface area (Å²) in [5, 5.41) is 5.87. The molecule has 0 bridgehead atoms. The van der Waals surface area contributed by atoms with Gasteiger partial charge in [0.2, 0.25) is 10.0 Å². The number of hydrogen-bond donors (Lipinski definition) is 3. The first-order valence-corrected chi connectivity index (χ1v) is 10.7. The van der Waals surface area contributed by atoms with E-state index in [0.29, 0.717) is 24.3 Å². The molecule has 1 fully saturated rings. The Morgan fingerprint density at radius 3 is 2.83 bits per heavy atom. The predicted molar refractivity (Wildman–Crippen MR) is 120 cm³/mol. The Bertz CT molecular complexity index is 1100. The van der Waals surface area contributed by atoms with Crippen LogP contribution in [0.15, 0.2) is 29.3 Å². The van der Waals surface area contributed by atoms with Crippen LogP contribution in [-0.4, -0.2) is 44.6 Å². The van der Waals surface area contributed by atoms with Crippen molar-refractivity contribution >= 4 is 45.6 Å². The number of aromatic nitrogens is 1. The van der Waals surface area contributed by atoms with Gasteiger partial charge in [-0.15, -0.1) is 24.0 Å². The molecule has 1 amide bonds. The van der Waals surface area contributed by atoms with E-state index in [2.05, 4.69) is 15.4 Å². The third-order valence-corrected chi connectivity index (χ3v) is 7.05. The first-order valence-electron chi connectivity index (χ1n) is 9.23. The Balaban J connectivity index is 0.00000256. The molecular weight excluding hydrogens is 526 g/mol. The summed E-state index contributed by atoms with van der Waals surface area (Å²) < 4.78 is 49.5. The van der Waals surface area contributed by atoms with E-state index in [9.17, 15) is 17.6 Å². The number of carbonyl (C=O) groups is 1. The highest BCUT2D eigenvalue weighted by Crippen LogP contribution is 2.37. The molecule has 30 heavy (non-hydrogen) atoms. The fraction of sp³-hybridized carbons (Fsp3) is 0.421. The number of halogens is 2. The van der Waals surface area contributed by atoms with E-state index in [1.807, 2.05) is 6.92 Å². The van der Waals surface area contributed by atoms with Gasteiger partial charge < -0.3 is 19.9 Å². The number of carbonyl (C=O) groups excluding carboxylic acids is 1. The van der Waals surface area contributed by atoms with Gasteiger partial charge in [-0.25, -0.2) is 17.5 Å². The standard InChI is InChI=1S/C19H23FN4O4S.HI/c1-11-6-12(4-5-13(11)20)22-18(25)16-17-14(8-24(16)3)29(26,27)23-15-7-21-9-19(15,2)10-28-17;/h4-6,8,15,21,23H,7,9-10H2,1-3H3,(H,22,25);1H. The lowest BCUT2D eigenvalue weighted by Crippen LogP contribution is -2.49. The summed E-state index contributed by atoms with van der Waals surface area (Å²) in [4.78, 5) is 12.9. The second-order valence-corrected chi connectivity index (χ2v) is 9.63. The van der Waals surface area contributed by atoms with Crippen LogP contribution in [0.4, 0.5) is 10.1 Å². The molecule has 4 rings (SSSR count). The van der Waals surface area contributed by atoms with E-state index in [-0.39, 0.29) is 58.8 Å². The molecule has 3 N–H and O–H groups in total. The zero-order valence-corrected chi connectivity index (χ0v) is 19.9. The van der Waals surface area contributed by atoms with Gasteiger partial charge in [0.25, 0.3) is 5.91 Å². The van der Waals surface area contributed by atoms with Crippen LogP contribution in [0.25, 0.3) is 0 Å². The molecule has 1 aromatic carbocycles. The van der Waals surface area contributed by atoms with Gasteiger partial charge in [-0.3, -0.25) is 4.79 Å². The maximum absolute atomic E-state index is 13.5. The van der Waals surface area contributed by atoms with Crippen LogP contribution >= 0.6 is 24.0 Å². The molecule has 3 heterocycles. The molecule has 1 saturated heterocycles. The fourth-order valence-corrected chi connectivity index (χ4v) is 5.34. The molecule has 0 aliphatic carbocycles. The highest BCUT2D eigenvalue weighted by molar-refractivity contribution is 14.0.